The van der Waals surface area contributed by atoms with Crippen molar-refractivity contribution in [3.63, 3.8) is 0 Å². The van der Waals surface area contributed by atoms with E-state index >= 15 is 0 Å². The van der Waals surface area contributed by atoms with Crippen molar-refractivity contribution in [1.29, 1.82) is 0 Å². The Labute approximate surface area is 76.6 Å². The van der Waals surface area contributed by atoms with Crippen LogP contribution in [0.3, 0.4) is 0 Å². The minimum atomic E-state index is -1.03. The Morgan fingerprint density at radius 1 is 1.73 bits per heavy atom. The number of rotatable bonds is 1. The first-order valence-corrected chi connectivity index (χ1v) is 3.84. The topological polar surface area (TPSA) is 76.2 Å². The number of aromatic nitrogens is 1. The Balaban J connectivity index is 3.27. The van der Waals surface area contributed by atoms with Crippen molar-refractivity contribution in [1.82, 2.24) is 4.98 Å². The lowest BCUT2D eigenvalue weighted by atomic mass is 10.2. The first kappa shape index (κ1) is 8.25. The second-order valence-electron chi connectivity index (χ2n) is 1.87. The highest BCUT2D eigenvalue weighted by molar-refractivity contribution is 14.1. The number of carboxylic acid groups (broad SMARTS) is 1. The largest absolute Gasteiger partial charge is 0.478 e. The van der Waals surface area contributed by atoms with E-state index in [1.807, 2.05) is 22.6 Å². The van der Waals surface area contributed by atoms with Gasteiger partial charge in [0.2, 0.25) is 0 Å². The zero-order chi connectivity index (χ0) is 8.43. The van der Waals surface area contributed by atoms with E-state index in [0.717, 1.165) is 0 Å². The Morgan fingerprint density at radius 2 is 2.36 bits per heavy atom. The molecule has 0 unspecified atom stereocenters. The maximum atomic E-state index is 10.5. The van der Waals surface area contributed by atoms with E-state index in [1.54, 1.807) is 0 Å². The minimum Gasteiger partial charge on any atom is -0.478 e. The Hall–Kier alpha value is -0.850. The van der Waals surface area contributed by atoms with Crippen LogP contribution >= 0.6 is 22.6 Å². The van der Waals surface area contributed by atoms with Crippen LogP contribution < -0.4 is 5.73 Å². The third kappa shape index (κ3) is 1.59. The molecule has 0 spiro atoms. The molecule has 4 nitrogen and oxygen atoms in total. The summed E-state index contributed by atoms with van der Waals surface area (Å²) in [6.45, 7) is 0. The molecular weight excluding hydrogens is 259 g/mol. The van der Waals surface area contributed by atoms with Crippen molar-refractivity contribution in [3.05, 3.63) is 21.5 Å². The van der Waals surface area contributed by atoms with Gasteiger partial charge in [-0.25, -0.2) is 9.78 Å². The molecule has 5 heteroatoms. The molecule has 0 aromatic carbocycles. The highest BCUT2D eigenvalue weighted by Gasteiger charge is 2.09. The zero-order valence-corrected chi connectivity index (χ0v) is 7.57. The fourth-order valence-corrected chi connectivity index (χ4v) is 1.09. The third-order valence-electron chi connectivity index (χ3n) is 1.17. The number of carboxylic acids is 1. The molecule has 11 heavy (non-hydrogen) atoms. The third-order valence-corrected chi connectivity index (χ3v) is 2.03. The molecule has 3 N–H and O–H groups in total. The summed E-state index contributed by atoms with van der Waals surface area (Å²) < 4.78 is 0.516. The molecule has 1 rings (SSSR count). The Bertz CT molecular complexity index is 301. The molecule has 1 heterocycles. The molecule has 0 saturated carbocycles. The number of hydrogen-bond donors (Lipinski definition) is 2. The highest BCUT2D eigenvalue weighted by Crippen LogP contribution is 2.16. The van der Waals surface area contributed by atoms with Crippen LogP contribution in [0.2, 0.25) is 0 Å². The van der Waals surface area contributed by atoms with Crippen LogP contribution in [-0.2, 0) is 0 Å². The summed E-state index contributed by atoms with van der Waals surface area (Å²) >= 11 is 1.88. The van der Waals surface area contributed by atoms with Gasteiger partial charge in [0.15, 0.2) is 0 Å². The molecule has 0 amide bonds. The lowest BCUT2D eigenvalue weighted by molar-refractivity contribution is 0.0698. The van der Waals surface area contributed by atoms with Crippen LogP contribution in [0, 0.1) is 3.70 Å². The lowest BCUT2D eigenvalue weighted by Crippen LogP contribution is -2.04. The number of pyridine rings is 1. The van der Waals surface area contributed by atoms with E-state index in [4.69, 9.17) is 10.8 Å². The van der Waals surface area contributed by atoms with Gasteiger partial charge in [0.05, 0.1) is 11.3 Å². The van der Waals surface area contributed by atoms with Gasteiger partial charge in [-0.1, -0.05) is 0 Å². The van der Waals surface area contributed by atoms with Crippen molar-refractivity contribution >= 4 is 34.2 Å². The van der Waals surface area contributed by atoms with Crippen molar-refractivity contribution in [2.75, 3.05) is 5.73 Å². The number of carbonyl (C=O) groups is 1. The number of hydrogen-bond acceptors (Lipinski definition) is 3. The summed E-state index contributed by atoms with van der Waals surface area (Å²) in [6, 6.07) is 1.37. The van der Waals surface area contributed by atoms with E-state index in [1.165, 1.54) is 12.3 Å². The first-order chi connectivity index (χ1) is 5.13. The Kier molecular flexibility index (Phi) is 2.28. The van der Waals surface area contributed by atoms with E-state index in [-0.39, 0.29) is 11.3 Å². The number of nitrogen functional groups attached to an aromatic ring is 1. The first-order valence-electron chi connectivity index (χ1n) is 2.76. The molecule has 0 atom stereocenters. The zero-order valence-electron chi connectivity index (χ0n) is 5.41. The molecule has 0 bridgehead atoms. The predicted octanol–water partition coefficient (Wildman–Crippen LogP) is 0.967. The average molecular weight is 264 g/mol. The minimum absolute atomic E-state index is 0.101. The van der Waals surface area contributed by atoms with E-state index in [2.05, 4.69) is 4.98 Å². The van der Waals surface area contributed by atoms with Crippen molar-refractivity contribution < 1.29 is 9.90 Å². The maximum absolute atomic E-state index is 10.5. The summed E-state index contributed by atoms with van der Waals surface area (Å²) in [7, 11) is 0. The molecule has 0 saturated heterocycles. The van der Waals surface area contributed by atoms with Gasteiger partial charge >= 0.3 is 5.97 Å². The average Bonchev–Trinajstić information content (AvgIpc) is 1.94. The number of aromatic carboxylic acids is 1. The molecule has 0 aliphatic carbocycles. The highest BCUT2D eigenvalue weighted by atomic mass is 127. The van der Waals surface area contributed by atoms with E-state index in [0.29, 0.717) is 3.70 Å². The summed E-state index contributed by atoms with van der Waals surface area (Å²) in [5, 5.41) is 8.58. The second kappa shape index (κ2) is 3.04. The second-order valence-corrected chi connectivity index (χ2v) is 2.89. The van der Waals surface area contributed by atoms with Gasteiger partial charge in [-0.05, 0) is 28.7 Å². The molecule has 1 aromatic rings. The van der Waals surface area contributed by atoms with Gasteiger partial charge in [0.25, 0.3) is 0 Å². The molecule has 0 aliphatic rings. The van der Waals surface area contributed by atoms with Crippen LogP contribution in [0.4, 0.5) is 5.69 Å². The molecule has 58 valence electrons. The fourth-order valence-electron chi connectivity index (χ4n) is 0.634. The van der Waals surface area contributed by atoms with Crippen molar-refractivity contribution in [2.24, 2.45) is 0 Å². The monoisotopic (exact) mass is 264 g/mol. The van der Waals surface area contributed by atoms with Crippen molar-refractivity contribution in [3.8, 4) is 0 Å². The van der Waals surface area contributed by atoms with Crippen LogP contribution in [0.1, 0.15) is 10.4 Å². The molecule has 0 fully saturated rings. The fraction of sp³-hybridized carbons (Fsp3) is 0. The summed E-state index contributed by atoms with van der Waals surface area (Å²) in [5.74, 6) is -1.03. The van der Waals surface area contributed by atoms with Crippen LogP contribution in [-0.4, -0.2) is 16.1 Å². The normalized spacial score (nSPS) is 9.55. The quantitative estimate of drug-likeness (QED) is 0.585. The van der Waals surface area contributed by atoms with Gasteiger partial charge in [-0.2, -0.15) is 0 Å². The predicted molar refractivity (Wildman–Crippen MR) is 48.3 cm³/mol. The Morgan fingerprint density at radius 3 is 2.82 bits per heavy atom. The van der Waals surface area contributed by atoms with Gasteiger partial charge in [0, 0.05) is 6.20 Å². The van der Waals surface area contributed by atoms with Crippen molar-refractivity contribution in [2.45, 2.75) is 0 Å². The summed E-state index contributed by atoms with van der Waals surface area (Å²) in [6.07, 6.45) is 1.42. The summed E-state index contributed by atoms with van der Waals surface area (Å²) in [4.78, 5) is 14.3. The van der Waals surface area contributed by atoms with Gasteiger partial charge < -0.3 is 10.8 Å². The maximum Gasteiger partial charge on any atom is 0.337 e. The number of nitrogens with two attached hydrogens (primary N) is 1. The molecular formula is C6H5IN2O2. The van der Waals surface area contributed by atoms with Crippen LogP contribution in [0.5, 0.6) is 0 Å². The van der Waals surface area contributed by atoms with Crippen LogP contribution in [0.25, 0.3) is 0 Å². The smallest absolute Gasteiger partial charge is 0.337 e. The number of nitrogens with zero attached hydrogens (tertiary/aromatic N) is 1. The molecule has 0 radical (unpaired) electrons. The van der Waals surface area contributed by atoms with E-state index in [9.17, 15) is 4.79 Å². The lowest BCUT2D eigenvalue weighted by Gasteiger charge is -1.99. The number of halogens is 1. The number of anilines is 1. The SMILES string of the molecule is Nc1c(C(=O)O)ccnc1I. The van der Waals surface area contributed by atoms with Gasteiger partial charge in [0.1, 0.15) is 3.70 Å². The summed E-state index contributed by atoms with van der Waals surface area (Å²) in [5.41, 5.74) is 5.76. The van der Waals surface area contributed by atoms with E-state index < -0.39 is 5.97 Å². The molecule has 0 aliphatic heterocycles. The standard InChI is InChI=1S/C6H5IN2O2/c7-5-4(8)3(6(10)11)1-2-9-5/h1-2H,8H2,(H,10,11). The van der Waals surface area contributed by atoms with Gasteiger partial charge in [-0.3, -0.25) is 0 Å². The van der Waals surface area contributed by atoms with Gasteiger partial charge in [-0.15, -0.1) is 0 Å². The van der Waals surface area contributed by atoms with Crippen LogP contribution in [0.15, 0.2) is 12.3 Å². The molecule has 1 aromatic heterocycles.